The first-order valence-electron chi connectivity index (χ1n) is 7.35. The van der Waals surface area contributed by atoms with Gasteiger partial charge < -0.3 is 11.1 Å². The average molecular weight is 236 g/mol. The lowest BCUT2D eigenvalue weighted by molar-refractivity contribution is 0.208. The van der Waals surface area contributed by atoms with Crippen molar-refractivity contribution in [2.75, 3.05) is 13.1 Å². The van der Waals surface area contributed by atoms with Crippen LogP contribution in [0.25, 0.3) is 0 Å². The molecule has 1 unspecified atom stereocenters. The molecule has 1 atom stereocenters. The summed E-state index contributed by atoms with van der Waals surface area (Å²) in [6, 6.07) is 0. The molecule has 0 aliphatic heterocycles. The molecule has 0 heterocycles. The highest BCUT2D eigenvalue weighted by atomic mass is 15.0. The van der Waals surface area contributed by atoms with Crippen molar-refractivity contribution in [3.63, 3.8) is 0 Å². The first-order chi connectivity index (χ1) is 8.22. The van der Waals surface area contributed by atoms with Gasteiger partial charge in [-0.2, -0.15) is 0 Å². The second-order valence-electron chi connectivity index (χ2n) is 6.20. The van der Waals surface area contributed by atoms with Crippen molar-refractivity contribution in [2.24, 2.45) is 11.7 Å². The fourth-order valence-corrected chi connectivity index (χ4v) is 3.05. The molecule has 2 nitrogen and oxygen atoms in total. The molecular weight excluding hydrogens is 208 g/mol. The maximum Gasteiger partial charge on any atom is 0.0278 e. The Labute approximate surface area is 106 Å². The first-order valence-corrected chi connectivity index (χ1v) is 7.35. The highest BCUT2D eigenvalue weighted by molar-refractivity contribution is 5.07. The van der Waals surface area contributed by atoms with Gasteiger partial charge in [0.25, 0.3) is 0 Å². The molecule has 17 heavy (non-hydrogen) atoms. The van der Waals surface area contributed by atoms with Crippen LogP contribution in [0, 0.1) is 5.92 Å². The lowest BCUT2D eigenvalue weighted by Gasteiger charge is -2.37. The Bertz CT molecular complexity index is 268. The van der Waals surface area contributed by atoms with Crippen molar-refractivity contribution < 1.29 is 0 Å². The standard InChI is InChI=1S/C15H28N2/c1-15(12-16,11-14-7-4-8-14)17-10-9-13-5-2-3-6-13/h5,14,17H,2-4,6-12,16H2,1H3. The maximum absolute atomic E-state index is 5.95. The zero-order valence-corrected chi connectivity index (χ0v) is 11.3. The van der Waals surface area contributed by atoms with E-state index >= 15 is 0 Å². The van der Waals surface area contributed by atoms with E-state index in [-0.39, 0.29) is 5.54 Å². The van der Waals surface area contributed by atoms with E-state index in [1.165, 1.54) is 51.4 Å². The van der Waals surface area contributed by atoms with Gasteiger partial charge >= 0.3 is 0 Å². The van der Waals surface area contributed by atoms with Gasteiger partial charge in [-0.3, -0.25) is 0 Å². The van der Waals surface area contributed by atoms with Crippen LogP contribution < -0.4 is 11.1 Å². The smallest absolute Gasteiger partial charge is 0.0278 e. The van der Waals surface area contributed by atoms with Crippen LogP contribution >= 0.6 is 0 Å². The van der Waals surface area contributed by atoms with Crippen molar-refractivity contribution in [3.05, 3.63) is 11.6 Å². The molecule has 2 heteroatoms. The molecule has 0 amide bonds. The van der Waals surface area contributed by atoms with Crippen LogP contribution in [-0.2, 0) is 0 Å². The molecule has 0 aromatic heterocycles. The van der Waals surface area contributed by atoms with Crippen LogP contribution in [0.15, 0.2) is 11.6 Å². The Balaban J connectivity index is 1.69. The number of nitrogens with two attached hydrogens (primary N) is 1. The summed E-state index contributed by atoms with van der Waals surface area (Å²) in [5.41, 5.74) is 7.78. The predicted molar refractivity (Wildman–Crippen MR) is 74.0 cm³/mol. The molecular formula is C15H28N2. The SMILES string of the molecule is CC(CN)(CC1CCC1)NCCC1=CCCC1. The molecule has 2 aliphatic rings. The highest BCUT2D eigenvalue weighted by Crippen LogP contribution is 2.33. The lowest BCUT2D eigenvalue weighted by Crippen LogP contribution is -2.50. The second-order valence-corrected chi connectivity index (χ2v) is 6.20. The van der Waals surface area contributed by atoms with Gasteiger partial charge in [-0.25, -0.2) is 0 Å². The van der Waals surface area contributed by atoms with Crippen molar-refractivity contribution in [1.29, 1.82) is 0 Å². The van der Waals surface area contributed by atoms with E-state index in [1.54, 1.807) is 5.57 Å². The van der Waals surface area contributed by atoms with Gasteiger partial charge in [0, 0.05) is 12.1 Å². The molecule has 3 N–H and O–H groups in total. The molecule has 0 aromatic rings. The zero-order chi connectivity index (χ0) is 12.1. The van der Waals surface area contributed by atoms with Gasteiger partial charge in [-0.1, -0.05) is 30.9 Å². The third-order valence-corrected chi connectivity index (χ3v) is 4.55. The Morgan fingerprint density at radius 3 is 2.76 bits per heavy atom. The zero-order valence-electron chi connectivity index (χ0n) is 11.3. The summed E-state index contributed by atoms with van der Waals surface area (Å²) in [7, 11) is 0. The average Bonchev–Trinajstić information content (AvgIpc) is 2.77. The van der Waals surface area contributed by atoms with Crippen LogP contribution in [0.1, 0.15) is 58.3 Å². The van der Waals surface area contributed by atoms with E-state index in [4.69, 9.17) is 5.73 Å². The van der Waals surface area contributed by atoms with Gasteiger partial charge in [0.1, 0.15) is 0 Å². The Morgan fingerprint density at radius 1 is 1.41 bits per heavy atom. The van der Waals surface area contributed by atoms with Crippen molar-refractivity contribution in [1.82, 2.24) is 5.32 Å². The normalized spacial score (nSPS) is 24.2. The quantitative estimate of drug-likeness (QED) is 0.667. The van der Waals surface area contributed by atoms with Crippen LogP contribution in [0.2, 0.25) is 0 Å². The van der Waals surface area contributed by atoms with Gasteiger partial charge in [0.15, 0.2) is 0 Å². The maximum atomic E-state index is 5.95. The Kier molecular flexibility index (Phi) is 4.63. The van der Waals surface area contributed by atoms with E-state index in [9.17, 15) is 0 Å². The summed E-state index contributed by atoms with van der Waals surface area (Å²) >= 11 is 0. The molecule has 0 aromatic carbocycles. The summed E-state index contributed by atoms with van der Waals surface area (Å²) < 4.78 is 0. The summed E-state index contributed by atoms with van der Waals surface area (Å²) in [5, 5.41) is 3.71. The molecule has 2 aliphatic carbocycles. The number of rotatable bonds is 7. The summed E-state index contributed by atoms with van der Waals surface area (Å²) in [6.07, 6.45) is 13.2. The number of hydrogen-bond acceptors (Lipinski definition) is 2. The molecule has 1 fully saturated rings. The van der Waals surface area contributed by atoms with Gasteiger partial charge in [0.2, 0.25) is 0 Å². The summed E-state index contributed by atoms with van der Waals surface area (Å²) in [5.74, 6) is 0.932. The molecule has 1 saturated carbocycles. The second kappa shape index (κ2) is 6.01. The van der Waals surface area contributed by atoms with E-state index in [0.717, 1.165) is 19.0 Å². The van der Waals surface area contributed by atoms with E-state index < -0.39 is 0 Å². The van der Waals surface area contributed by atoms with Crippen molar-refractivity contribution >= 4 is 0 Å². The van der Waals surface area contributed by atoms with Crippen LogP contribution in [0.4, 0.5) is 0 Å². The molecule has 0 bridgehead atoms. The summed E-state index contributed by atoms with van der Waals surface area (Å²) in [4.78, 5) is 0. The molecule has 0 radical (unpaired) electrons. The number of hydrogen-bond donors (Lipinski definition) is 2. The monoisotopic (exact) mass is 236 g/mol. The predicted octanol–water partition coefficient (Wildman–Crippen LogP) is 2.98. The number of allylic oxidation sites excluding steroid dienone is 1. The lowest BCUT2D eigenvalue weighted by atomic mass is 9.76. The Morgan fingerprint density at radius 2 is 2.24 bits per heavy atom. The topological polar surface area (TPSA) is 38.0 Å². The minimum absolute atomic E-state index is 0.171. The van der Waals surface area contributed by atoms with Crippen LogP contribution in [0.5, 0.6) is 0 Å². The highest BCUT2D eigenvalue weighted by Gasteiger charge is 2.29. The van der Waals surface area contributed by atoms with Gasteiger partial charge in [0.05, 0.1) is 0 Å². The molecule has 0 saturated heterocycles. The van der Waals surface area contributed by atoms with E-state index in [1.807, 2.05) is 0 Å². The third-order valence-electron chi connectivity index (χ3n) is 4.55. The molecule has 0 spiro atoms. The fraction of sp³-hybridized carbons (Fsp3) is 0.867. The van der Waals surface area contributed by atoms with Gasteiger partial charge in [-0.05, 0) is 51.5 Å². The van der Waals surface area contributed by atoms with E-state index in [0.29, 0.717) is 0 Å². The van der Waals surface area contributed by atoms with Crippen molar-refractivity contribution in [2.45, 2.75) is 63.8 Å². The minimum Gasteiger partial charge on any atom is -0.329 e. The number of nitrogens with one attached hydrogen (secondary N) is 1. The first kappa shape index (κ1) is 13.1. The fourth-order valence-electron chi connectivity index (χ4n) is 3.05. The minimum atomic E-state index is 0.171. The van der Waals surface area contributed by atoms with E-state index in [2.05, 4.69) is 18.3 Å². The summed E-state index contributed by atoms with van der Waals surface area (Å²) in [6.45, 7) is 4.17. The molecule has 98 valence electrons. The van der Waals surface area contributed by atoms with Crippen LogP contribution in [0.3, 0.4) is 0 Å². The Hall–Kier alpha value is -0.340. The largest absolute Gasteiger partial charge is 0.329 e. The van der Waals surface area contributed by atoms with Crippen molar-refractivity contribution in [3.8, 4) is 0 Å². The molecule has 2 rings (SSSR count). The van der Waals surface area contributed by atoms with Crippen LogP contribution in [-0.4, -0.2) is 18.6 Å². The third kappa shape index (κ3) is 3.82. The van der Waals surface area contributed by atoms with Gasteiger partial charge in [-0.15, -0.1) is 0 Å².